The molecule has 0 saturated heterocycles. The molecule has 0 saturated carbocycles. The van der Waals surface area contributed by atoms with Crippen molar-refractivity contribution < 1.29 is 9.47 Å². The van der Waals surface area contributed by atoms with Crippen LogP contribution in [0, 0.1) is 5.41 Å². The Hall–Kier alpha value is -2.41. The molecule has 0 aliphatic heterocycles. The molecule has 7 heteroatoms. The van der Waals surface area contributed by atoms with E-state index >= 15 is 0 Å². The summed E-state index contributed by atoms with van der Waals surface area (Å²) in [6, 6.07) is 1.89. The zero-order chi connectivity index (χ0) is 16.8. The van der Waals surface area contributed by atoms with Crippen LogP contribution in [0.3, 0.4) is 0 Å². The average Bonchev–Trinajstić information content (AvgIpc) is 3.01. The Morgan fingerprint density at radius 2 is 2.17 bits per heavy atom. The highest BCUT2D eigenvalue weighted by Gasteiger charge is 2.18. The van der Waals surface area contributed by atoms with E-state index in [0.29, 0.717) is 35.9 Å². The summed E-state index contributed by atoms with van der Waals surface area (Å²) < 4.78 is 12.5. The predicted molar refractivity (Wildman–Crippen MR) is 89.2 cm³/mol. The van der Waals surface area contributed by atoms with Crippen LogP contribution in [0.15, 0.2) is 24.7 Å². The summed E-state index contributed by atoms with van der Waals surface area (Å²) >= 11 is 0. The lowest BCUT2D eigenvalue weighted by molar-refractivity contribution is 0.170. The number of hydrogen-bond acceptors (Lipinski definition) is 6. The quantitative estimate of drug-likeness (QED) is 0.575. The second-order valence-electron chi connectivity index (χ2n) is 5.45. The van der Waals surface area contributed by atoms with Crippen molar-refractivity contribution in [2.24, 2.45) is 0 Å². The van der Waals surface area contributed by atoms with Crippen LogP contribution in [0.2, 0.25) is 0 Å². The minimum Gasteiger partial charge on any atom is -0.477 e. The van der Waals surface area contributed by atoms with E-state index in [4.69, 9.17) is 20.6 Å². The van der Waals surface area contributed by atoms with E-state index in [1.807, 2.05) is 20.0 Å². The minimum atomic E-state index is 0.229. The van der Waals surface area contributed by atoms with Gasteiger partial charge in [0.05, 0.1) is 24.1 Å². The smallest absolute Gasteiger partial charge is 0.225 e. The summed E-state index contributed by atoms with van der Waals surface area (Å²) in [5, 5.41) is 12.7. The number of nitrogen functional groups attached to an aromatic ring is 1. The first kappa shape index (κ1) is 17.0. The maximum atomic E-state index is 8.45. The third-order valence-electron chi connectivity index (χ3n) is 3.35. The molecule has 0 aliphatic carbocycles. The van der Waals surface area contributed by atoms with Gasteiger partial charge in [-0.05, 0) is 19.9 Å². The molecule has 2 aromatic heterocycles. The number of nitrogens with two attached hydrogens (primary N) is 1. The highest BCUT2D eigenvalue weighted by Crippen LogP contribution is 2.25. The van der Waals surface area contributed by atoms with Crippen LogP contribution in [-0.4, -0.2) is 40.8 Å². The van der Waals surface area contributed by atoms with E-state index in [1.165, 1.54) is 0 Å². The molecule has 0 bridgehead atoms. The molecule has 0 atom stereocenters. The number of hydrogen-bond donors (Lipinski definition) is 2. The standard InChI is InChI=1S/C16H23N5O2/c1-11(2)21-10-12(9-20-21)15(18)14-13(17)5-6-19-16(14)23-8-4-7-22-3/h5-6,9-11,18H,4,7-8H2,1-3H3,(H2,17,19). The summed E-state index contributed by atoms with van der Waals surface area (Å²) in [5.74, 6) is 0.364. The molecule has 0 amide bonds. The molecule has 0 fully saturated rings. The molecular formula is C16H23N5O2. The van der Waals surface area contributed by atoms with E-state index < -0.39 is 0 Å². The van der Waals surface area contributed by atoms with E-state index in [-0.39, 0.29) is 11.8 Å². The zero-order valence-corrected chi connectivity index (χ0v) is 13.7. The number of nitrogens with one attached hydrogen (secondary N) is 1. The van der Waals surface area contributed by atoms with Crippen molar-refractivity contribution in [2.45, 2.75) is 26.3 Å². The number of anilines is 1. The Morgan fingerprint density at radius 3 is 2.83 bits per heavy atom. The lowest BCUT2D eigenvalue weighted by Gasteiger charge is -2.12. The van der Waals surface area contributed by atoms with E-state index in [0.717, 1.165) is 6.42 Å². The van der Waals surface area contributed by atoms with Crippen molar-refractivity contribution in [3.8, 4) is 5.88 Å². The maximum Gasteiger partial charge on any atom is 0.225 e. The maximum absolute atomic E-state index is 8.45. The summed E-state index contributed by atoms with van der Waals surface area (Å²) in [5.41, 5.74) is 7.93. The van der Waals surface area contributed by atoms with Gasteiger partial charge in [-0.25, -0.2) is 4.98 Å². The second-order valence-corrected chi connectivity index (χ2v) is 5.45. The monoisotopic (exact) mass is 317 g/mol. The van der Waals surface area contributed by atoms with Gasteiger partial charge in [-0.2, -0.15) is 5.10 Å². The lowest BCUT2D eigenvalue weighted by Crippen LogP contribution is -2.11. The highest BCUT2D eigenvalue weighted by atomic mass is 16.5. The van der Waals surface area contributed by atoms with Gasteiger partial charge in [0, 0.05) is 49.8 Å². The first-order valence-corrected chi connectivity index (χ1v) is 7.54. The molecule has 124 valence electrons. The van der Waals surface area contributed by atoms with Gasteiger partial charge >= 0.3 is 0 Å². The van der Waals surface area contributed by atoms with Crippen LogP contribution in [0.5, 0.6) is 5.88 Å². The molecule has 0 radical (unpaired) electrons. The Kier molecular flexibility index (Phi) is 5.70. The van der Waals surface area contributed by atoms with Crippen molar-refractivity contribution in [3.63, 3.8) is 0 Å². The summed E-state index contributed by atoms with van der Waals surface area (Å²) in [6.07, 6.45) is 5.80. The van der Waals surface area contributed by atoms with Crippen LogP contribution in [0.25, 0.3) is 0 Å². The average molecular weight is 317 g/mol. The van der Waals surface area contributed by atoms with Crippen LogP contribution < -0.4 is 10.5 Å². The number of methoxy groups -OCH3 is 1. The van der Waals surface area contributed by atoms with Crippen LogP contribution in [0.4, 0.5) is 5.69 Å². The number of rotatable bonds is 8. The molecule has 3 N–H and O–H groups in total. The Labute approximate surface area is 135 Å². The number of ether oxygens (including phenoxy) is 2. The molecule has 0 aliphatic rings. The largest absolute Gasteiger partial charge is 0.477 e. The predicted octanol–water partition coefficient (Wildman–Crippen LogP) is 2.27. The molecule has 0 spiro atoms. The van der Waals surface area contributed by atoms with Crippen LogP contribution in [-0.2, 0) is 4.74 Å². The first-order chi connectivity index (χ1) is 11.0. The summed E-state index contributed by atoms with van der Waals surface area (Å²) in [6.45, 7) is 5.12. The highest BCUT2D eigenvalue weighted by molar-refractivity contribution is 6.15. The van der Waals surface area contributed by atoms with Gasteiger partial charge in [-0.3, -0.25) is 10.1 Å². The van der Waals surface area contributed by atoms with Crippen molar-refractivity contribution in [1.82, 2.24) is 14.8 Å². The summed E-state index contributed by atoms with van der Waals surface area (Å²) in [4.78, 5) is 4.21. The first-order valence-electron chi connectivity index (χ1n) is 7.54. The zero-order valence-electron chi connectivity index (χ0n) is 13.7. The molecule has 0 aromatic carbocycles. The minimum absolute atomic E-state index is 0.229. The van der Waals surface area contributed by atoms with Gasteiger partial charge in [0.25, 0.3) is 0 Å². The number of nitrogens with zero attached hydrogens (tertiary/aromatic N) is 3. The Balaban J connectivity index is 2.24. The normalized spacial score (nSPS) is 11.0. The fourth-order valence-electron chi connectivity index (χ4n) is 2.08. The van der Waals surface area contributed by atoms with E-state index in [1.54, 1.807) is 30.3 Å². The SMILES string of the molecule is COCCCOc1nccc(N)c1C(=N)c1cnn(C(C)C)c1. The lowest BCUT2D eigenvalue weighted by atomic mass is 10.1. The number of pyridine rings is 1. The van der Waals surface area contributed by atoms with Gasteiger partial charge in [0.15, 0.2) is 0 Å². The van der Waals surface area contributed by atoms with Crippen molar-refractivity contribution in [1.29, 1.82) is 5.41 Å². The third-order valence-corrected chi connectivity index (χ3v) is 3.35. The van der Waals surface area contributed by atoms with Crippen LogP contribution >= 0.6 is 0 Å². The fourth-order valence-corrected chi connectivity index (χ4v) is 2.08. The van der Waals surface area contributed by atoms with Gasteiger partial charge in [0.1, 0.15) is 0 Å². The van der Waals surface area contributed by atoms with Crippen molar-refractivity contribution >= 4 is 11.4 Å². The van der Waals surface area contributed by atoms with Crippen LogP contribution in [0.1, 0.15) is 37.4 Å². The molecule has 2 heterocycles. The third kappa shape index (κ3) is 4.07. The molecule has 2 aromatic rings. The summed E-state index contributed by atoms with van der Waals surface area (Å²) in [7, 11) is 1.65. The van der Waals surface area contributed by atoms with E-state index in [2.05, 4.69) is 10.1 Å². The van der Waals surface area contributed by atoms with Gasteiger partial charge in [-0.15, -0.1) is 0 Å². The van der Waals surface area contributed by atoms with Crippen molar-refractivity contribution in [2.75, 3.05) is 26.1 Å². The molecular weight excluding hydrogens is 294 g/mol. The van der Waals surface area contributed by atoms with Gasteiger partial charge in [0.2, 0.25) is 5.88 Å². The Bertz CT molecular complexity index is 666. The van der Waals surface area contributed by atoms with E-state index in [9.17, 15) is 0 Å². The molecule has 23 heavy (non-hydrogen) atoms. The number of aromatic nitrogens is 3. The van der Waals surface area contributed by atoms with Gasteiger partial charge < -0.3 is 15.2 Å². The molecule has 2 rings (SSSR count). The Morgan fingerprint density at radius 1 is 1.39 bits per heavy atom. The molecule has 0 unspecified atom stereocenters. The van der Waals surface area contributed by atoms with Crippen molar-refractivity contribution in [3.05, 3.63) is 35.8 Å². The van der Waals surface area contributed by atoms with Gasteiger partial charge in [-0.1, -0.05) is 0 Å². The second kappa shape index (κ2) is 7.73. The topological polar surface area (TPSA) is 99.0 Å². The fraction of sp³-hybridized carbons (Fsp3) is 0.438. The molecule has 7 nitrogen and oxygen atoms in total.